The first kappa shape index (κ1) is 15.3. The highest BCUT2D eigenvalue weighted by Crippen LogP contribution is 2.29. The Morgan fingerprint density at radius 3 is 2.73 bits per heavy atom. The summed E-state index contributed by atoms with van der Waals surface area (Å²) in [5.41, 5.74) is 0. The lowest BCUT2D eigenvalue weighted by Crippen LogP contribution is -2.32. The number of rotatable bonds is 5. The summed E-state index contributed by atoms with van der Waals surface area (Å²) < 4.78 is 28.6. The van der Waals surface area contributed by atoms with Crippen molar-refractivity contribution in [3.8, 4) is 5.75 Å². The average Bonchev–Trinajstić information content (AvgIpc) is 3.10. The molecule has 0 unspecified atom stereocenters. The zero-order valence-corrected chi connectivity index (χ0v) is 13.4. The lowest BCUT2D eigenvalue weighted by atomic mass is 10.2. The number of hydrogen-bond donors (Lipinski definition) is 2. The van der Waals surface area contributed by atoms with Crippen LogP contribution >= 0.6 is 11.3 Å². The second-order valence-electron chi connectivity index (χ2n) is 5.18. The first-order chi connectivity index (χ1) is 10.5. The van der Waals surface area contributed by atoms with Crippen molar-refractivity contribution in [2.75, 3.05) is 5.32 Å². The van der Waals surface area contributed by atoms with E-state index in [2.05, 4.69) is 10.3 Å². The van der Waals surface area contributed by atoms with Gasteiger partial charge in [0.1, 0.15) is 11.9 Å². The highest BCUT2D eigenvalue weighted by molar-refractivity contribution is 7.91. The normalized spacial score (nSPS) is 21.7. The summed E-state index contributed by atoms with van der Waals surface area (Å²) in [5.74, 6) is 0.838. The minimum Gasteiger partial charge on any atom is -0.488 e. The van der Waals surface area contributed by atoms with E-state index in [1.165, 1.54) is 6.20 Å². The molecule has 1 heterocycles. The molecule has 1 aliphatic rings. The molecule has 0 spiro atoms. The van der Waals surface area contributed by atoms with E-state index in [0.717, 1.165) is 36.3 Å². The van der Waals surface area contributed by atoms with Crippen molar-refractivity contribution in [1.29, 1.82) is 0 Å². The Labute approximate surface area is 133 Å². The Morgan fingerprint density at radius 2 is 2.05 bits per heavy atom. The Kier molecular flexibility index (Phi) is 4.32. The number of thiazole rings is 1. The highest BCUT2D eigenvalue weighted by atomic mass is 32.2. The van der Waals surface area contributed by atoms with Gasteiger partial charge in [0.05, 0.1) is 12.2 Å². The maximum Gasteiger partial charge on any atom is 0.249 e. The van der Waals surface area contributed by atoms with Gasteiger partial charge in [-0.3, -0.25) is 0 Å². The Morgan fingerprint density at radius 1 is 1.27 bits per heavy atom. The summed E-state index contributed by atoms with van der Waals surface area (Å²) in [6, 6.07) is 9.79. The monoisotopic (exact) mass is 339 g/mol. The Balaban J connectivity index is 1.67. The molecule has 0 saturated heterocycles. The summed E-state index contributed by atoms with van der Waals surface area (Å²) >= 11 is 1.04. The molecule has 0 bridgehead atoms. The zero-order chi connectivity index (χ0) is 15.6. The molecule has 3 N–H and O–H groups in total. The SMILES string of the molecule is NS(=O)(=O)c1cnc(N[C@H]2CCC[C@H]2Oc2ccccc2)s1. The van der Waals surface area contributed by atoms with E-state index < -0.39 is 10.0 Å². The van der Waals surface area contributed by atoms with Gasteiger partial charge in [0.2, 0.25) is 10.0 Å². The molecule has 0 aliphatic heterocycles. The lowest BCUT2D eigenvalue weighted by molar-refractivity contribution is 0.198. The molecule has 3 rings (SSSR count). The van der Waals surface area contributed by atoms with Gasteiger partial charge < -0.3 is 10.1 Å². The number of primary sulfonamides is 1. The van der Waals surface area contributed by atoms with Crippen LogP contribution in [0.15, 0.2) is 40.7 Å². The maximum atomic E-state index is 11.3. The van der Waals surface area contributed by atoms with Crippen LogP contribution in [0.4, 0.5) is 5.13 Å². The van der Waals surface area contributed by atoms with Crippen LogP contribution < -0.4 is 15.2 Å². The first-order valence-electron chi connectivity index (χ1n) is 6.99. The number of benzene rings is 1. The van der Waals surface area contributed by atoms with Gasteiger partial charge in [-0.1, -0.05) is 29.5 Å². The molecule has 6 nitrogen and oxygen atoms in total. The quantitative estimate of drug-likeness (QED) is 0.871. The van der Waals surface area contributed by atoms with E-state index in [4.69, 9.17) is 9.88 Å². The third-order valence-electron chi connectivity index (χ3n) is 3.56. The van der Waals surface area contributed by atoms with Crippen LogP contribution in [0.2, 0.25) is 0 Å². The van der Waals surface area contributed by atoms with E-state index in [9.17, 15) is 8.42 Å². The molecular formula is C14H17N3O3S2. The van der Waals surface area contributed by atoms with Gasteiger partial charge in [0.25, 0.3) is 0 Å². The molecule has 1 aromatic heterocycles. The van der Waals surface area contributed by atoms with Gasteiger partial charge in [-0.05, 0) is 31.4 Å². The first-order valence-corrected chi connectivity index (χ1v) is 9.35. The minimum absolute atomic E-state index is 0.0456. The molecular weight excluding hydrogens is 322 g/mol. The number of nitrogens with one attached hydrogen (secondary N) is 1. The molecule has 1 aromatic carbocycles. The second-order valence-corrected chi connectivity index (χ2v) is 8.00. The molecule has 1 fully saturated rings. The van der Waals surface area contributed by atoms with Crippen molar-refractivity contribution >= 4 is 26.5 Å². The van der Waals surface area contributed by atoms with E-state index in [1.54, 1.807) is 0 Å². The van der Waals surface area contributed by atoms with Gasteiger partial charge in [0.15, 0.2) is 9.34 Å². The molecule has 1 aliphatic carbocycles. The molecule has 1 saturated carbocycles. The molecule has 0 radical (unpaired) electrons. The third-order valence-corrected chi connectivity index (χ3v) is 5.89. The molecule has 0 amide bonds. The van der Waals surface area contributed by atoms with Crippen LogP contribution in [0, 0.1) is 0 Å². The van der Waals surface area contributed by atoms with E-state index in [1.807, 2.05) is 30.3 Å². The summed E-state index contributed by atoms with van der Waals surface area (Å²) in [7, 11) is -3.69. The van der Waals surface area contributed by atoms with Crippen LogP contribution in [-0.2, 0) is 10.0 Å². The van der Waals surface area contributed by atoms with E-state index >= 15 is 0 Å². The number of para-hydroxylation sites is 1. The fourth-order valence-electron chi connectivity index (χ4n) is 2.52. The van der Waals surface area contributed by atoms with Crippen LogP contribution in [0.3, 0.4) is 0 Å². The Bertz CT molecular complexity index is 731. The molecule has 2 atom stereocenters. The molecule has 22 heavy (non-hydrogen) atoms. The highest BCUT2D eigenvalue weighted by Gasteiger charge is 2.30. The lowest BCUT2D eigenvalue weighted by Gasteiger charge is -2.22. The van der Waals surface area contributed by atoms with Crippen molar-refractivity contribution in [3.63, 3.8) is 0 Å². The molecule has 8 heteroatoms. The van der Waals surface area contributed by atoms with Gasteiger partial charge >= 0.3 is 0 Å². The minimum atomic E-state index is -3.69. The van der Waals surface area contributed by atoms with Crippen molar-refractivity contribution in [3.05, 3.63) is 36.5 Å². The number of ether oxygens (including phenoxy) is 1. The standard InChI is InChI=1S/C14H17N3O3S2/c15-22(18,19)13-9-16-14(21-13)17-11-7-4-8-12(11)20-10-5-2-1-3-6-10/h1-3,5-6,9,11-12H,4,7-8H2,(H,16,17)(H2,15,18,19)/t11-,12+/m0/s1. The van der Waals surface area contributed by atoms with Gasteiger partial charge in [-0.15, -0.1) is 0 Å². The van der Waals surface area contributed by atoms with Crippen molar-refractivity contribution in [2.45, 2.75) is 35.6 Å². The number of hydrogen-bond acceptors (Lipinski definition) is 6. The largest absolute Gasteiger partial charge is 0.488 e. The van der Waals surface area contributed by atoms with E-state index in [0.29, 0.717) is 5.13 Å². The predicted molar refractivity (Wildman–Crippen MR) is 85.6 cm³/mol. The van der Waals surface area contributed by atoms with Crippen molar-refractivity contribution in [2.24, 2.45) is 5.14 Å². The summed E-state index contributed by atoms with van der Waals surface area (Å²) in [4.78, 5) is 4.08. The molecule has 118 valence electrons. The van der Waals surface area contributed by atoms with E-state index in [-0.39, 0.29) is 16.4 Å². The fourth-order valence-corrected chi connectivity index (χ4v) is 4.03. The van der Waals surface area contributed by atoms with Crippen molar-refractivity contribution < 1.29 is 13.2 Å². The number of nitrogens with two attached hydrogens (primary N) is 1. The summed E-state index contributed by atoms with van der Waals surface area (Å²) in [5, 5.41) is 8.92. The zero-order valence-electron chi connectivity index (χ0n) is 11.8. The van der Waals surface area contributed by atoms with Gasteiger partial charge in [-0.2, -0.15) is 0 Å². The van der Waals surface area contributed by atoms with Crippen LogP contribution in [0.1, 0.15) is 19.3 Å². The van der Waals surface area contributed by atoms with Gasteiger partial charge in [-0.25, -0.2) is 18.5 Å². The number of aromatic nitrogens is 1. The van der Waals surface area contributed by atoms with Crippen LogP contribution in [0.5, 0.6) is 5.75 Å². The van der Waals surface area contributed by atoms with Crippen LogP contribution in [0.25, 0.3) is 0 Å². The molecule has 2 aromatic rings. The smallest absolute Gasteiger partial charge is 0.249 e. The van der Waals surface area contributed by atoms with Crippen molar-refractivity contribution in [1.82, 2.24) is 4.98 Å². The Hall–Kier alpha value is -1.64. The number of anilines is 1. The summed E-state index contributed by atoms with van der Waals surface area (Å²) in [6.07, 6.45) is 4.30. The topological polar surface area (TPSA) is 94.3 Å². The van der Waals surface area contributed by atoms with Gasteiger partial charge in [0, 0.05) is 0 Å². The number of nitrogens with zero attached hydrogens (tertiary/aromatic N) is 1. The summed E-state index contributed by atoms with van der Waals surface area (Å²) in [6.45, 7) is 0. The predicted octanol–water partition coefficient (Wildman–Crippen LogP) is 2.20. The average molecular weight is 339 g/mol. The maximum absolute atomic E-state index is 11.3. The third kappa shape index (κ3) is 3.57. The second kappa shape index (κ2) is 6.23. The fraction of sp³-hybridized carbons (Fsp3) is 0.357. The number of sulfonamides is 1. The van der Waals surface area contributed by atoms with Crippen LogP contribution in [-0.4, -0.2) is 25.5 Å².